The number of benzene rings is 1. The third-order valence-corrected chi connectivity index (χ3v) is 3.14. The van der Waals surface area contributed by atoms with Gasteiger partial charge in [0.25, 0.3) is 0 Å². The molecule has 3 heteroatoms. The summed E-state index contributed by atoms with van der Waals surface area (Å²) in [5, 5.41) is 9.50. The van der Waals surface area contributed by atoms with Crippen LogP contribution in [0, 0.1) is 12.8 Å². The van der Waals surface area contributed by atoms with Crippen LogP contribution in [0.5, 0.6) is 0 Å². The van der Waals surface area contributed by atoms with Gasteiger partial charge >= 0.3 is 5.97 Å². The number of halogens is 1. The van der Waals surface area contributed by atoms with Gasteiger partial charge in [0.2, 0.25) is 0 Å². The summed E-state index contributed by atoms with van der Waals surface area (Å²) in [6.45, 7) is 1.94. The molecule has 1 N–H and O–H groups in total. The van der Waals surface area contributed by atoms with Crippen molar-refractivity contribution in [3.8, 4) is 0 Å². The first-order valence-corrected chi connectivity index (χ1v) is 4.96. The second-order valence-electron chi connectivity index (χ2n) is 3.80. The Morgan fingerprint density at radius 1 is 1.57 bits per heavy atom. The van der Waals surface area contributed by atoms with Crippen LogP contribution >= 0.6 is 11.6 Å². The summed E-state index contributed by atoms with van der Waals surface area (Å²) in [6.07, 6.45) is 0.745. The van der Waals surface area contributed by atoms with E-state index in [1.165, 1.54) is 0 Å². The zero-order valence-corrected chi connectivity index (χ0v) is 8.58. The Kier molecular flexibility index (Phi) is 2.23. The molecule has 2 rings (SSSR count). The molecule has 0 bridgehead atoms. The van der Waals surface area contributed by atoms with Crippen LogP contribution in [0.15, 0.2) is 18.2 Å². The number of carboxylic acid groups (broad SMARTS) is 1. The summed E-state index contributed by atoms with van der Waals surface area (Å²) in [5.74, 6) is -0.730. The van der Waals surface area contributed by atoms with E-state index >= 15 is 0 Å². The SMILES string of the molecule is Cc1ccc(C2CC2C(=O)O)cc1Cl. The van der Waals surface area contributed by atoms with E-state index in [0.29, 0.717) is 0 Å². The van der Waals surface area contributed by atoms with Crippen molar-refractivity contribution in [2.24, 2.45) is 5.92 Å². The van der Waals surface area contributed by atoms with Gasteiger partial charge in [-0.1, -0.05) is 23.7 Å². The number of hydrogen-bond donors (Lipinski definition) is 1. The molecule has 1 aromatic rings. The molecule has 0 aromatic heterocycles. The molecule has 1 saturated carbocycles. The lowest BCUT2D eigenvalue weighted by Gasteiger charge is -2.02. The maximum atomic E-state index is 10.7. The van der Waals surface area contributed by atoms with E-state index in [9.17, 15) is 4.79 Å². The number of aryl methyl sites for hydroxylation is 1. The molecule has 2 nitrogen and oxygen atoms in total. The van der Waals surface area contributed by atoms with Gasteiger partial charge in [-0.15, -0.1) is 0 Å². The van der Waals surface area contributed by atoms with Gasteiger partial charge in [0.05, 0.1) is 5.92 Å². The smallest absolute Gasteiger partial charge is 0.307 e. The first-order valence-electron chi connectivity index (χ1n) is 4.58. The largest absolute Gasteiger partial charge is 0.481 e. The van der Waals surface area contributed by atoms with Crippen molar-refractivity contribution in [3.05, 3.63) is 34.3 Å². The predicted molar refractivity (Wildman–Crippen MR) is 54.7 cm³/mol. The van der Waals surface area contributed by atoms with E-state index < -0.39 is 5.97 Å². The second kappa shape index (κ2) is 3.28. The van der Waals surface area contributed by atoms with E-state index in [-0.39, 0.29) is 11.8 Å². The van der Waals surface area contributed by atoms with Crippen molar-refractivity contribution in [1.82, 2.24) is 0 Å². The predicted octanol–water partition coefficient (Wildman–Crippen LogP) is 2.84. The van der Waals surface area contributed by atoms with Crippen molar-refractivity contribution >= 4 is 17.6 Å². The zero-order chi connectivity index (χ0) is 10.3. The van der Waals surface area contributed by atoms with E-state index in [0.717, 1.165) is 22.6 Å². The van der Waals surface area contributed by atoms with Gasteiger partial charge in [-0.05, 0) is 36.5 Å². The minimum atomic E-state index is -0.702. The van der Waals surface area contributed by atoms with Crippen molar-refractivity contribution < 1.29 is 9.90 Å². The van der Waals surface area contributed by atoms with Crippen LogP contribution in [-0.4, -0.2) is 11.1 Å². The molecule has 2 unspecified atom stereocenters. The molecule has 0 spiro atoms. The van der Waals surface area contributed by atoms with E-state index in [1.54, 1.807) is 0 Å². The average Bonchev–Trinajstić information content (AvgIpc) is 2.89. The highest BCUT2D eigenvalue weighted by molar-refractivity contribution is 6.31. The Bertz CT molecular complexity index is 387. The number of aliphatic carboxylic acids is 1. The van der Waals surface area contributed by atoms with Crippen LogP contribution in [0.25, 0.3) is 0 Å². The Balaban J connectivity index is 2.20. The van der Waals surface area contributed by atoms with Crippen molar-refractivity contribution in [2.75, 3.05) is 0 Å². The van der Waals surface area contributed by atoms with Gasteiger partial charge in [-0.2, -0.15) is 0 Å². The molecule has 0 saturated heterocycles. The Morgan fingerprint density at radius 2 is 2.29 bits per heavy atom. The molecular formula is C11H11ClO2. The molecule has 74 valence electrons. The highest BCUT2D eigenvalue weighted by Crippen LogP contribution is 2.48. The fourth-order valence-corrected chi connectivity index (χ4v) is 1.87. The Morgan fingerprint density at radius 3 is 2.79 bits per heavy atom. The average molecular weight is 211 g/mol. The molecule has 0 amide bonds. The normalized spacial score (nSPS) is 24.7. The van der Waals surface area contributed by atoms with Gasteiger partial charge in [0.15, 0.2) is 0 Å². The summed E-state index contributed by atoms with van der Waals surface area (Å²) >= 11 is 5.97. The quantitative estimate of drug-likeness (QED) is 0.815. The highest BCUT2D eigenvalue weighted by Gasteiger charge is 2.44. The first kappa shape index (κ1) is 9.53. The molecule has 2 atom stereocenters. The minimum absolute atomic E-state index is 0.172. The molecule has 1 aliphatic rings. The lowest BCUT2D eigenvalue weighted by Crippen LogP contribution is -1.98. The molecule has 0 heterocycles. The van der Waals surface area contributed by atoms with Crippen molar-refractivity contribution in [3.63, 3.8) is 0 Å². The molecule has 1 aliphatic carbocycles. The topological polar surface area (TPSA) is 37.3 Å². The highest BCUT2D eigenvalue weighted by atomic mass is 35.5. The molecule has 1 fully saturated rings. The second-order valence-corrected chi connectivity index (χ2v) is 4.20. The maximum Gasteiger partial charge on any atom is 0.307 e. The van der Waals surface area contributed by atoms with Gasteiger partial charge in [-0.25, -0.2) is 0 Å². The van der Waals surface area contributed by atoms with Crippen molar-refractivity contribution in [1.29, 1.82) is 0 Å². The van der Waals surface area contributed by atoms with Gasteiger partial charge in [0.1, 0.15) is 0 Å². The summed E-state index contributed by atoms with van der Waals surface area (Å²) in [4.78, 5) is 10.7. The summed E-state index contributed by atoms with van der Waals surface area (Å²) in [6, 6.07) is 5.79. The molecule has 0 aliphatic heterocycles. The van der Waals surface area contributed by atoms with Crippen LogP contribution in [0.4, 0.5) is 0 Å². The number of carbonyl (C=O) groups is 1. The van der Waals surface area contributed by atoms with Crippen LogP contribution in [-0.2, 0) is 4.79 Å². The zero-order valence-electron chi connectivity index (χ0n) is 7.83. The third-order valence-electron chi connectivity index (χ3n) is 2.73. The molecule has 1 aromatic carbocycles. The van der Waals surface area contributed by atoms with E-state index in [2.05, 4.69) is 0 Å². The van der Waals surface area contributed by atoms with Gasteiger partial charge < -0.3 is 5.11 Å². The third kappa shape index (κ3) is 1.62. The minimum Gasteiger partial charge on any atom is -0.481 e. The summed E-state index contributed by atoms with van der Waals surface area (Å²) in [7, 11) is 0. The standard InChI is InChI=1S/C11H11ClO2/c1-6-2-3-7(4-10(6)12)8-5-9(8)11(13)14/h2-4,8-9H,5H2,1H3,(H,13,14). The molecule has 14 heavy (non-hydrogen) atoms. The summed E-state index contributed by atoms with van der Waals surface area (Å²) < 4.78 is 0. The number of hydrogen-bond acceptors (Lipinski definition) is 1. The van der Waals surface area contributed by atoms with Crippen molar-refractivity contribution in [2.45, 2.75) is 19.3 Å². The van der Waals surface area contributed by atoms with Crippen LogP contribution in [0.3, 0.4) is 0 Å². The number of rotatable bonds is 2. The van der Waals surface area contributed by atoms with Crippen LogP contribution in [0.2, 0.25) is 5.02 Å². The summed E-state index contributed by atoms with van der Waals surface area (Å²) in [5.41, 5.74) is 2.08. The lowest BCUT2D eigenvalue weighted by molar-refractivity contribution is -0.138. The fraction of sp³-hybridized carbons (Fsp3) is 0.364. The van der Waals surface area contributed by atoms with Crippen LogP contribution < -0.4 is 0 Å². The van der Waals surface area contributed by atoms with Crippen LogP contribution in [0.1, 0.15) is 23.5 Å². The Hall–Kier alpha value is -1.02. The fourth-order valence-electron chi connectivity index (χ4n) is 1.68. The maximum absolute atomic E-state index is 10.7. The van der Waals surface area contributed by atoms with Gasteiger partial charge in [0, 0.05) is 5.02 Å². The lowest BCUT2D eigenvalue weighted by atomic mass is 10.1. The monoisotopic (exact) mass is 210 g/mol. The van der Waals surface area contributed by atoms with E-state index in [1.807, 2.05) is 25.1 Å². The molecular weight excluding hydrogens is 200 g/mol. The molecule has 0 radical (unpaired) electrons. The first-order chi connectivity index (χ1) is 6.59. The number of carboxylic acids is 1. The van der Waals surface area contributed by atoms with E-state index in [4.69, 9.17) is 16.7 Å². The van der Waals surface area contributed by atoms with Gasteiger partial charge in [-0.3, -0.25) is 4.79 Å². The Labute approximate surface area is 87.5 Å².